The largest absolute Gasteiger partial charge is 0.494 e. The molecule has 0 N–H and O–H groups in total. The molecule has 0 aliphatic heterocycles. The Labute approximate surface area is 172 Å². The van der Waals surface area contributed by atoms with Gasteiger partial charge in [0.15, 0.2) is 5.75 Å². The van der Waals surface area contributed by atoms with Crippen LogP contribution in [0.25, 0.3) is 5.95 Å². The van der Waals surface area contributed by atoms with Crippen LogP contribution >= 0.6 is 15.9 Å². The lowest BCUT2D eigenvalue weighted by molar-refractivity contribution is 0.410. The molecule has 0 bridgehead atoms. The van der Waals surface area contributed by atoms with Gasteiger partial charge in [0, 0.05) is 16.5 Å². The summed E-state index contributed by atoms with van der Waals surface area (Å²) in [7, 11) is 1.55. The van der Waals surface area contributed by atoms with Gasteiger partial charge in [-0.15, -0.1) is 0 Å². The van der Waals surface area contributed by atoms with Crippen molar-refractivity contribution < 1.29 is 4.74 Å². The Morgan fingerprint density at radius 3 is 2.43 bits per heavy atom. The number of ether oxygens (including phenoxy) is 1. The lowest BCUT2D eigenvalue weighted by atomic mass is 10.0. The summed E-state index contributed by atoms with van der Waals surface area (Å²) in [5.74, 6) is 1.42. The molecule has 3 aromatic rings. The van der Waals surface area contributed by atoms with Crippen LogP contribution in [-0.4, -0.2) is 26.6 Å². The second-order valence-electron chi connectivity index (χ2n) is 6.55. The molecule has 1 aromatic carbocycles. The number of halogens is 1. The predicted molar refractivity (Wildman–Crippen MR) is 112 cm³/mol. The third kappa shape index (κ3) is 4.47. The van der Waals surface area contributed by atoms with Crippen molar-refractivity contribution in [1.82, 2.24) is 19.5 Å². The Balaban J connectivity index is 2.10. The van der Waals surface area contributed by atoms with Crippen molar-refractivity contribution in [3.8, 4) is 11.7 Å². The van der Waals surface area contributed by atoms with Crippen LogP contribution in [0.2, 0.25) is 0 Å². The van der Waals surface area contributed by atoms with E-state index in [9.17, 15) is 4.79 Å². The number of rotatable bonds is 7. The minimum atomic E-state index is -0.119. The van der Waals surface area contributed by atoms with Crippen LogP contribution in [0.5, 0.6) is 5.75 Å². The molecule has 0 aliphatic carbocycles. The van der Waals surface area contributed by atoms with Crippen LogP contribution in [0.4, 0.5) is 0 Å². The standard InChI is InChI=1S/C21H23BrN4O2/c1-4-5-6-19-18(11-15-7-9-16(22)10-8-15)20(27)26(14(2)25-19)21-23-12-17(28-3)13-24-21/h7-10,12-13H,4-6,11H2,1-3H3. The zero-order valence-electron chi connectivity index (χ0n) is 16.3. The van der Waals surface area contributed by atoms with Crippen molar-refractivity contribution in [2.24, 2.45) is 0 Å². The molecule has 28 heavy (non-hydrogen) atoms. The third-order valence-corrected chi connectivity index (χ3v) is 5.07. The molecular formula is C21H23BrN4O2. The Bertz CT molecular complexity index is 999. The summed E-state index contributed by atoms with van der Waals surface area (Å²) in [6.07, 6.45) is 6.43. The zero-order chi connectivity index (χ0) is 20.1. The van der Waals surface area contributed by atoms with E-state index in [-0.39, 0.29) is 5.56 Å². The molecule has 0 atom stereocenters. The summed E-state index contributed by atoms with van der Waals surface area (Å²) in [6, 6.07) is 7.99. The number of aryl methyl sites for hydroxylation is 2. The van der Waals surface area contributed by atoms with Crippen molar-refractivity contribution in [2.45, 2.75) is 39.5 Å². The molecule has 0 saturated carbocycles. The van der Waals surface area contributed by atoms with E-state index in [2.05, 4.69) is 32.8 Å². The van der Waals surface area contributed by atoms with Gasteiger partial charge in [0.05, 0.1) is 25.2 Å². The summed E-state index contributed by atoms with van der Waals surface area (Å²) < 4.78 is 7.59. The van der Waals surface area contributed by atoms with Crippen molar-refractivity contribution >= 4 is 15.9 Å². The van der Waals surface area contributed by atoms with Gasteiger partial charge in [-0.05, 0) is 37.5 Å². The molecule has 2 aromatic heterocycles. The molecule has 0 saturated heterocycles. The van der Waals surface area contributed by atoms with Crippen LogP contribution < -0.4 is 10.3 Å². The number of unbranched alkanes of at least 4 members (excludes halogenated alkanes) is 1. The molecule has 0 radical (unpaired) electrons. The van der Waals surface area contributed by atoms with E-state index in [4.69, 9.17) is 9.72 Å². The van der Waals surface area contributed by atoms with Crippen molar-refractivity contribution in [2.75, 3.05) is 7.11 Å². The number of aromatic nitrogens is 4. The van der Waals surface area contributed by atoms with E-state index in [1.54, 1.807) is 19.5 Å². The van der Waals surface area contributed by atoms with Crippen LogP contribution in [0.15, 0.2) is 45.9 Å². The molecule has 0 aliphatic rings. The van der Waals surface area contributed by atoms with Crippen LogP contribution in [-0.2, 0) is 12.8 Å². The summed E-state index contributed by atoms with van der Waals surface area (Å²) in [5.41, 5.74) is 2.50. The summed E-state index contributed by atoms with van der Waals surface area (Å²) in [6.45, 7) is 3.95. The number of benzene rings is 1. The minimum absolute atomic E-state index is 0.119. The van der Waals surface area contributed by atoms with Gasteiger partial charge in [-0.3, -0.25) is 4.79 Å². The van der Waals surface area contributed by atoms with Crippen LogP contribution in [0.3, 0.4) is 0 Å². The van der Waals surface area contributed by atoms with E-state index in [1.807, 2.05) is 31.2 Å². The fraction of sp³-hybridized carbons (Fsp3) is 0.333. The zero-order valence-corrected chi connectivity index (χ0v) is 17.9. The summed E-state index contributed by atoms with van der Waals surface area (Å²) >= 11 is 3.45. The van der Waals surface area contributed by atoms with Gasteiger partial charge in [-0.2, -0.15) is 0 Å². The average molecular weight is 443 g/mol. The molecule has 6 nitrogen and oxygen atoms in total. The van der Waals surface area contributed by atoms with E-state index in [0.29, 0.717) is 29.5 Å². The quantitative estimate of drug-likeness (QED) is 0.552. The average Bonchev–Trinajstić information content (AvgIpc) is 2.70. The monoisotopic (exact) mass is 442 g/mol. The lowest BCUT2D eigenvalue weighted by Gasteiger charge is -2.14. The van der Waals surface area contributed by atoms with Crippen LogP contribution in [0.1, 0.15) is 42.4 Å². The van der Waals surface area contributed by atoms with Gasteiger partial charge in [0.25, 0.3) is 5.56 Å². The fourth-order valence-electron chi connectivity index (χ4n) is 3.02. The predicted octanol–water partition coefficient (Wildman–Crippen LogP) is 4.04. The Morgan fingerprint density at radius 1 is 1.14 bits per heavy atom. The maximum Gasteiger partial charge on any atom is 0.264 e. The second kappa shape index (κ2) is 9.10. The molecule has 2 heterocycles. The molecule has 3 rings (SSSR count). The van der Waals surface area contributed by atoms with Crippen molar-refractivity contribution in [3.05, 3.63) is 74.1 Å². The van der Waals surface area contributed by atoms with E-state index < -0.39 is 0 Å². The van der Waals surface area contributed by atoms with Gasteiger partial charge in [-0.25, -0.2) is 19.5 Å². The molecule has 7 heteroatoms. The topological polar surface area (TPSA) is 69.9 Å². The van der Waals surface area contributed by atoms with Gasteiger partial charge >= 0.3 is 0 Å². The first-order valence-corrected chi connectivity index (χ1v) is 10.0. The van der Waals surface area contributed by atoms with Gasteiger partial charge in [0.1, 0.15) is 5.82 Å². The molecule has 146 valence electrons. The lowest BCUT2D eigenvalue weighted by Crippen LogP contribution is -2.29. The van der Waals surface area contributed by atoms with Gasteiger partial charge in [0.2, 0.25) is 5.95 Å². The minimum Gasteiger partial charge on any atom is -0.494 e. The Morgan fingerprint density at radius 2 is 1.82 bits per heavy atom. The summed E-state index contributed by atoms with van der Waals surface area (Å²) in [5, 5.41) is 0. The molecule has 0 fully saturated rings. The van der Waals surface area contributed by atoms with Crippen molar-refractivity contribution in [1.29, 1.82) is 0 Å². The van der Waals surface area contributed by atoms with Crippen molar-refractivity contribution in [3.63, 3.8) is 0 Å². The fourth-order valence-corrected chi connectivity index (χ4v) is 3.28. The highest BCUT2D eigenvalue weighted by atomic mass is 79.9. The van der Waals surface area contributed by atoms with E-state index >= 15 is 0 Å². The van der Waals surface area contributed by atoms with Crippen LogP contribution in [0, 0.1) is 6.92 Å². The maximum atomic E-state index is 13.4. The van der Waals surface area contributed by atoms with Gasteiger partial charge in [-0.1, -0.05) is 41.4 Å². The number of hydrogen-bond donors (Lipinski definition) is 0. The third-order valence-electron chi connectivity index (χ3n) is 4.54. The number of nitrogens with zero attached hydrogens (tertiary/aromatic N) is 4. The first kappa shape index (κ1) is 20.2. The molecule has 0 spiro atoms. The second-order valence-corrected chi connectivity index (χ2v) is 7.47. The highest BCUT2D eigenvalue weighted by Gasteiger charge is 2.17. The SMILES string of the molecule is CCCCc1nc(C)n(-c2ncc(OC)cn2)c(=O)c1Cc1ccc(Br)cc1. The molecule has 0 unspecified atom stereocenters. The number of methoxy groups -OCH3 is 1. The first-order valence-electron chi connectivity index (χ1n) is 9.25. The Hall–Kier alpha value is -2.54. The smallest absolute Gasteiger partial charge is 0.264 e. The normalized spacial score (nSPS) is 10.9. The number of hydrogen-bond acceptors (Lipinski definition) is 5. The molecule has 0 amide bonds. The van der Waals surface area contributed by atoms with E-state index in [0.717, 1.165) is 35.0 Å². The molecular weight excluding hydrogens is 420 g/mol. The van der Waals surface area contributed by atoms with Gasteiger partial charge < -0.3 is 4.74 Å². The maximum absolute atomic E-state index is 13.4. The first-order chi connectivity index (χ1) is 13.5. The highest BCUT2D eigenvalue weighted by Crippen LogP contribution is 2.17. The highest BCUT2D eigenvalue weighted by molar-refractivity contribution is 9.10. The summed E-state index contributed by atoms with van der Waals surface area (Å²) in [4.78, 5) is 26.7. The Kier molecular flexibility index (Phi) is 6.57. The van der Waals surface area contributed by atoms with E-state index in [1.165, 1.54) is 4.57 Å².